The van der Waals surface area contributed by atoms with Gasteiger partial charge in [0.15, 0.2) is 0 Å². The number of benzene rings is 2. The van der Waals surface area contributed by atoms with Gasteiger partial charge in [0.1, 0.15) is 11.3 Å². The normalized spacial score (nSPS) is 10.0. The van der Waals surface area contributed by atoms with Crippen LogP contribution in [0.15, 0.2) is 42.5 Å². The summed E-state index contributed by atoms with van der Waals surface area (Å²) in [5, 5.41) is 18.7. The molecule has 0 amide bonds. The fourth-order valence-corrected chi connectivity index (χ4v) is 1.52. The van der Waals surface area contributed by atoms with E-state index in [1.165, 1.54) is 6.07 Å². The van der Waals surface area contributed by atoms with Crippen molar-refractivity contribution in [3.8, 4) is 16.9 Å². The quantitative estimate of drug-likeness (QED) is 0.806. The van der Waals surface area contributed by atoms with Crippen molar-refractivity contribution in [2.75, 3.05) is 0 Å². The maximum absolute atomic E-state index is 10.8. The molecule has 0 aliphatic carbocycles. The highest BCUT2D eigenvalue weighted by Crippen LogP contribution is 2.31. The molecule has 0 aromatic heterocycles. The highest BCUT2D eigenvalue weighted by atomic mass is 16.4. The van der Waals surface area contributed by atoms with Gasteiger partial charge in [-0.25, -0.2) is 4.79 Å². The third kappa shape index (κ3) is 1.75. The van der Waals surface area contributed by atoms with E-state index in [1.54, 1.807) is 36.4 Å². The van der Waals surface area contributed by atoms with Gasteiger partial charge in [0, 0.05) is 5.56 Å². The predicted octanol–water partition coefficient (Wildman–Crippen LogP) is 2.56. The van der Waals surface area contributed by atoms with Crippen molar-refractivity contribution in [2.45, 2.75) is 0 Å². The zero-order chi connectivity index (χ0) is 11.5. The van der Waals surface area contributed by atoms with E-state index in [0.29, 0.717) is 5.56 Å². The van der Waals surface area contributed by atoms with Crippen molar-refractivity contribution in [1.29, 1.82) is 0 Å². The zero-order valence-corrected chi connectivity index (χ0v) is 8.34. The molecule has 0 heterocycles. The Labute approximate surface area is 92.6 Å². The van der Waals surface area contributed by atoms with Crippen LogP contribution in [-0.2, 0) is 0 Å². The molecule has 0 bridgehead atoms. The van der Waals surface area contributed by atoms with Gasteiger partial charge in [0.25, 0.3) is 0 Å². The van der Waals surface area contributed by atoms with Crippen molar-refractivity contribution < 1.29 is 15.0 Å². The SMILES string of the molecule is O=C(O)c1cccc(-c2cc[c]cc2)c1O. The van der Waals surface area contributed by atoms with E-state index in [1.807, 2.05) is 0 Å². The van der Waals surface area contributed by atoms with Gasteiger partial charge in [-0.15, -0.1) is 0 Å². The lowest BCUT2D eigenvalue weighted by molar-refractivity contribution is 0.0694. The lowest BCUT2D eigenvalue weighted by Crippen LogP contribution is -1.97. The molecule has 2 aromatic rings. The number of carboxylic acid groups (broad SMARTS) is 1. The van der Waals surface area contributed by atoms with E-state index in [-0.39, 0.29) is 11.3 Å². The van der Waals surface area contributed by atoms with Crippen LogP contribution in [0.5, 0.6) is 5.75 Å². The van der Waals surface area contributed by atoms with Gasteiger partial charge in [-0.05, 0) is 17.7 Å². The summed E-state index contributed by atoms with van der Waals surface area (Å²) in [4.78, 5) is 10.8. The molecule has 2 rings (SSSR count). The Hall–Kier alpha value is -2.29. The maximum atomic E-state index is 10.8. The molecule has 2 aromatic carbocycles. The summed E-state index contributed by atoms with van der Waals surface area (Å²) in [6.07, 6.45) is 0. The van der Waals surface area contributed by atoms with Crippen LogP contribution in [-0.4, -0.2) is 16.2 Å². The Bertz CT molecular complexity index is 518. The van der Waals surface area contributed by atoms with Crippen molar-refractivity contribution in [1.82, 2.24) is 0 Å². The van der Waals surface area contributed by atoms with Crippen LogP contribution in [0.4, 0.5) is 0 Å². The number of carbonyl (C=O) groups is 1. The summed E-state index contributed by atoms with van der Waals surface area (Å²) < 4.78 is 0. The average molecular weight is 213 g/mol. The van der Waals surface area contributed by atoms with Gasteiger partial charge in [-0.2, -0.15) is 0 Å². The lowest BCUT2D eigenvalue weighted by Gasteiger charge is -2.06. The van der Waals surface area contributed by atoms with Gasteiger partial charge >= 0.3 is 5.97 Å². The Morgan fingerprint density at radius 2 is 1.81 bits per heavy atom. The molecule has 0 aliphatic rings. The third-order valence-corrected chi connectivity index (χ3v) is 2.30. The minimum atomic E-state index is -1.14. The molecule has 0 atom stereocenters. The largest absolute Gasteiger partial charge is 0.506 e. The fraction of sp³-hybridized carbons (Fsp3) is 0. The second kappa shape index (κ2) is 4.06. The molecule has 0 saturated carbocycles. The summed E-state index contributed by atoms with van der Waals surface area (Å²) in [5.41, 5.74) is 1.18. The Morgan fingerprint density at radius 3 is 2.44 bits per heavy atom. The van der Waals surface area contributed by atoms with Crippen LogP contribution in [0, 0.1) is 6.07 Å². The molecule has 3 heteroatoms. The second-order valence-electron chi connectivity index (χ2n) is 3.30. The smallest absolute Gasteiger partial charge is 0.339 e. The first-order valence-corrected chi connectivity index (χ1v) is 4.72. The minimum absolute atomic E-state index is 0.0923. The molecule has 0 spiro atoms. The van der Waals surface area contributed by atoms with E-state index < -0.39 is 5.97 Å². The van der Waals surface area contributed by atoms with E-state index >= 15 is 0 Å². The number of carboxylic acids is 1. The van der Waals surface area contributed by atoms with Crippen LogP contribution in [0.25, 0.3) is 11.1 Å². The van der Waals surface area contributed by atoms with E-state index in [0.717, 1.165) is 5.56 Å². The van der Waals surface area contributed by atoms with Crippen LogP contribution < -0.4 is 0 Å². The molecule has 3 nitrogen and oxygen atoms in total. The van der Waals surface area contributed by atoms with Gasteiger partial charge < -0.3 is 10.2 Å². The number of aromatic hydroxyl groups is 1. The molecule has 79 valence electrons. The van der Waals surface area contributed by atoms with Crippen molar-refractivity contribution in [3.63, 3.8) is 0 Å². The predicted molar refractivity (Wildman–Crippen MR) is 59.3 cm³/mol. The summed E-state index contributed by atoms with van der Waals surface area (Å²) in [6.45, 7) is 0. The fourth-order valence-electron chi connectivity index (χ4n) is 1.52. The average Bonchev–Trinajstić information content (AvgIpc) is 2.30. The number of hydrogen-bond donors (Lipinski definition) is 2. The van der Waals surface area contributed by atoms with E-state index in [2.05, 4.69) is 6.07 Å². The first-order chi connectivity index (χ1) is 7.70. The molecule has 0 fully saturated rings. The van der Waals surface area contributed by atoms with Gasteiger partial charge in [-0.1, -0.05) is 36.4 Å². The lowest BCUT2D eigenvalue weighted by atomic mass is 10.0. The first-order valence-electron chi connectivity index (χ1n) is 4.72. The molecule has 1 radical (unpaired) electrons. The van der Waals surface area contributed by atoms with Gasteiger partial charge in [0.2, 0.25) is 0 Å². The van der Waals surface area contributed by atoms with Crippen LogP contribution >= 0.6 is 0 Å². The van der Waals surface area contributed by atoms with E-state index in [9.17, 15) is 9.90 Å². The standard InChI is InChI=1S/C13H9O3/c14-12-10(9-5-2-1-3-6-9)7-4-8-11(12)13(15)16/h2-8,14H,(H,15,16). The summed E-state index contributed by atoms with van der Waals surface area (Å²) in [5.74, 6) is -1.34. The molecule has 16 heavy (non-hydrogen) atoms. The molecular formula is C13H9O3. The van der Waals surface area contributed by atoms with E-state index in [4.69, 9.17) is 5.11 Å². The third-order valence-electron chi connectivity index (χ3n) is 2.30. The maximum Gasteiger partial charge on any atom is 0.339 e. The number of aromatic carboxylic acids is 1. The monoisotopic (exact) mass is 213 g/mol. The zero-order valence-electron chi connectivity index (χ0n) is 8.34. The highest BCUT2D eigenvalue weighted by molar-refractivity contribution is 5.94. The van der Waals surface area contributed by atoms with Crippen LogP contribution in [0.1, 0.15) is 10.4 Å². The number of phenols is 1. The van der Waals surface area contributed by atoms with Crippen LogP contribution in [0.2, 0.25) is 0 Å². The van der Waals surface area contributed by atoms with Crippen molar-refractivity contribution in [3.05, 3.63) is 54.1 Å². The van der Waals surface area contributed by atoms with Crippen molar-refractivity contribution in [2.24, 2.45) is 0 Å². The van der Waals surface area contributed by atoms with Gasteiger partial charge in [-0.3, -0.25) is 0 Å². The molecule has 2 N–H and O–H groups in total. The first kappa shape index (κ1) is 10.2. The summed E-state index contributed by atoms with van der Waals surface area (Å²) in [7, 11) is 0. The number of hydrogen-bond acceptors (Lipinski definition) is 2. The Morgan fingerprint density at radius 1 is 1.12 bits per heavy atom. The minimum Gasteiger partial charge on any atom is -0.506 e. The molecular weight excluding hydrogens is 204 g/mol. The molecule has 0 saturated heterocycles. The van der Waals surface area contributed by atoms with Crippen LogP contribution in [0.3, 0.4) is 0 Å². The topological polar surface area (TPSA) is 57.5 Å². The van der Waals surface area contributed by atoms with Gasteiger partial charge in [0.05, 0.1) is 0 Å². The molecule has 0 unspecified atom stereocenters. The number of para-hydroxylation sites is 1. The number of rotatable bonds is 2. The van der Waals surface area contributed by atoms with Crippen molar-refractivity contribution >= 4 is 5.97 Å². The Kier molecular flexibility index (Phi) is 2.60. The highest BCUT2D eigenvalue weighted by Gasteiger charge is 2.13. The molecule has 0 aliphatic heterocycles. The second-order valence-corrected chi connectivity index (χ2v) is 3.30. The Balaban J connectivity index is 2.59. The summed E-state index contributed by atoms with van der Waals surface area (Å²) >= 11 is 0. The summed E-state index contributed by atoms with van der Waals surface area (Å²) in [6, 6.07) is 14.5.